The largest absolute Gasteiger partial charge is 0.379 e. The van der Waals surface area contributed by atoms with Crippen LogP contribution >= 0.6 is 22.5 Å². The van der Waals surface area contributed by atoms with E-state index < -0.39 is 22.5 Å². The van der Waals surface area contributed by atoms with Gasteiger partial charge in [0.15, 0.2) is 0 Å². The van der Waals surface area contributed by atoms with Crippen molar-refractivity contribution < 1.29 is 18.9 Å². The van der Waals surface area contributed by atoms with Gasteiger partial charge in [0, 0.05) is 78.5 Å². The van der Waals surface area contributed by atoms with Crippen LogP contribution in [0.3, 0.4) is 0 Å². The Labute approximate surface area is 214 Å². The molecular formula is C20H40N9O4P3. The minimum atomic E-state index is -2.43. The van der Waals surface area contributed by atoms with Gasteiger partial charge < -0.3 is 18.9 Å². The summed E-state index contributed by atoms with van der Waals surface area (Å²) in [7, 11) is -7.09. The molecule has 204 valence electrons. The summed E-state index contributed by atoms with van der Waals surface area (Å²) in [6.07, 6.45) is 0. The third-order valence-electron chi connectivity index (χ3n) is 7.79. The number of hydrogen-bond acceptors (Lipinski definition) is 13. The van der Waals surface area contributed by atoms with Crippen molar-refractivity contribution in [1.82, 2.24) is 28.0 Å². The van der Waals surface area contributed by atoms with E-state index in [9.17, 15) is 0 Å². The molecule has 16 heteroatoms. The van der Waals surface area contributed by atoms with E-state index in [4.69, 9.17) is 32.5 Å². The molecule has 0 radical (unpaired) electrons. The molecule has 0 N–H and O–H groups in total. The molecule has 0 aliphatic carbocycles. The van der Waals surface area contributed by atoms with Crippen molar-refractivity contribution in [1.29, 1.82) is 0 Å². The second-order valence-corrected chi connectivity index (χ2v) is 18.8. The first-order valence-electron chi connectivity index (χ1n) is 13.5. The van der Waals surface area contributed by atoms with Crippen molar-refractivity contribution in [3.8, 4) is 0 Å². The van der Waals surface area contributed by atoms with Gasteiger partial charge in [-0.15, -0.1) is 0 Å². The van der Waals surface area contributed by atoms with Gasteiger partial charge in [0.05, 0.1) is 52.9 Å². The molecule has 13 nitrogen and oxygen atoms in total. The van der Waals surface area contributed by atoms with E-state index in [2.05, 4.69) is 28.0 Å². The number of hydrogen-bond donors (Lipinski definition) is 0. The molecule has 7 aliphatic heterocycles. The Kier molecular flexibility index (Phi) is 7.27. The summed E-state index contributed by atoms with van der Waals surface area (Å²) in [4.78, 5) is 0. The second-order valence-electron chi connectivity index (χ2n) is 10.0. The van der Waals surface area contributed by atoms with Gasteiger partial charge >= 0.3 is 0 Å². The minimum absolute atomic E-state index is 0.744. The highest BCUT2D eigenvalue weighted by atomic mass is 31.3. The Bertz CT molecular complexity index is 927. The zero-order valence-corrected chi connectivity index (χ0v) is 23.8. The summed E-state index contributed by atoms with van der Waals surface area (Å²) in [6, 6.07) is 0. The molecule has 0 amide bonds. The fourth-order valence-electron chi connectivity index (χ4n) is 5.67. The van der Waals surface area contributed by atoms with Crippen LogP contribution in [0.4, 0.5) is 0 Å². The molecule has 0 aromatic carbocycles. The van der Waals surface area contributed by atoms with Gasteiger partial charge in [-0.25, -0.2) is 28.0 Å². The Morgan fingerprint density at radius 3 is 0.694 bits per heavy atom. The van der Waals surface area contributed by atoms with Gasteiger partial charge in [-0.1, -0.05) is 0 Å². The molecule has 0 unspecified atom stereocenters. The predicted molar refractivity (Wildman–Crippen MR) is 141 cm³/mol. The highest BCUT2D eigenvalue weighted by Gasteiger charge is 2.55. The Hall–Kier alpha value is 0.290. The summed E-state index contributed by atoms with van der Waals surface area (Å²) in [6.45, 7) is 17.4. The summed E-state index contributed by atoms with van der Waals surface area (Å²) in [5.41, 5.74) is 0. The molecule has 0 bridgehead atoms. The van der Waals surface area contributed by atoms with E-state index in [0.29, 0.717) is 0 Å². The Morgan fingerprint density at radius 2 is 0.500 bits per heavy atom. The quantitative estimate of drug-likeness (QED) is 0.352. The average Bonchev–Trinajstić information content (AvgIpc) is 3.87. The van der Waals surface area contributed by atoms with Crippen LogP contribution in [-0.4, -0.2) is 159 Å². The van der Waals surface area contributed by atoms with E-state index in [1.807, 2.05) is 0 Å². The zero-order valence-electron chi connectivity index (χ0n) is 21.1. The molecule has 7 aliphatic rings. The van der Waals surface area contributed by atoms with Crippen molar-refractivity contribution in [2.75, 3.05) is 131 Å². The van der Waals surface area contributed by atoms with Crippen LogP contribution in [0.15, 0.2) is 13.5 Å². The monoisotopic (exact) mass is 563 g/mol. The SMILES string of the molecule is C1CN(P2(N3CCOCC3)=N[P@](N3CCOCC3)(N3CC3)=N[P@](N3CCOCC3)(N3CC3)=N2)CCO1. The van der Waals surface area contributed by atoms with Crippen molar-refractivity contribution in [3.63, 3.8) is 0 Å². The fraction of sp³-hybridized carbons (Fsp3) is 1.00. The van der Waals surface area contributed by atoms with Crippen molar-refractivity contribution >= 4 is 22.5 Å². The minimum Gasteiger partial charge on any atom is -0.379 e. The summed E-state index contributed by atoms with van der Waals surface area (Å²) in [5.74, 6) is 0. The molecule has 6 saturated heterocycles. The predicted octanol–water partition coefficient (Wildman–Crippen LogP) is 1.80. The molecule has 0 saturated carbocycles. The zero-order chi connectivity index (χ0) is 24.1. The van der Waals surface area contributed by atoms with Crippen LogP contribution in [0.2, 0.25) is 0 Å². The maximum Gasteiger partial charge on any atom is 0.221 e. The lowest BCUT2D eigenvalue weighted by Crippen LogP contribution is -2.44. The van der Waals surface area contributed by atoms with Crippen LogP contribution in [0.5, 0.6) is 0 Å². The smallest absolute Gasteiger partial charge is 0.221 e. The molecule has 7 heterocycles. The summed E-state index contributed by atoms with van der Waals surface area (Å²) in [5, 5.41) is 0. The lowest BCUT2D eigenvalue weighted by Gasteiger charge is -2.51. The number of nitrogens with zero attached hydrogens (tertiary/aromatic N) is 9. The van der Waals surface area contributed by atoms with E-state index in [1.54, 1.807) is 0 Å². The lowest BCUT2D eigenvalue weighted by molar-refractivity contribution is 0.0565. The van der Waals surface area contributed by atoms with Crippen molar-refractivity contribution in [2.24, 2.45) is 13.5 Å². The van der Waals surface area contributed by atoms with E-state index in [-0.39, 0.29) is 0 Å². The third kappa shape index (κ3) is 4.46. The molecule has 2 atom stereocenters. The first-order chi connectivity index (χ1) is 17.8. The highest BCUT2D eigenvalue weighted by Crippen LogP contribution is 2.85. The number of rotatable bonds is 6. The average molecular weight is 564 g/mol. The van der Waals surface area contributed by atoms with Crippen LogP contribution < -0.4 is 0 Å². The normalized spacial score (nSPS) is 39.7. The van der Waals surface area contributed by atoms with E-state index in [0.717, 1.165) is 131 Å². The highest BCUT2D eigenvalue weighted by molar-refractivity contribution is 7.83. The van der Waals surface area contributed by atoms with E-state index >= 15 is 0 Å². The topological polar surface area (TPSA) is 93.0 Å². The first-order valence-corrected chi connectivity index (χ1v) is 18.3. The Balaban J connectivity index is 1.49. The number of ether oxygens (including phenoxy) is 4. The molecule has 7 rings (SSSR count). The van der Waals surface area contributed by atoms with Gasteiger partial charge in [0.2, 0.25) is 22.5 Å². The van der Waals surface area contributed by atoms with Crippen molar-refractivity contribution in [2.45, 2.75) is 0 Å². The van der Waals surface area contributed by atoms with Gasteiger partial charge in [0.25, 0.3) is 0 Å². The van der Waals surface area contributed by atoms with Gasteiger partial charge in [-0.05, 0) is 0 Å². The molecule has 36 heavy (non-hydrogen) atoms. The van der Waals surface area contributed by atoms with Gasteiger partial charge in [-0.3, -0.25) is 0 Å². The van der Waals surface area contributed by atoms with Gasteiger partial charge in [-0.2, -0.15) is 13.5 Å². The maximum atomic E-state index is 6.05. The van der Waals surface area contributed by atoms with Gasteiger partial charge in [0.1, 0.15) is 0 Å². The Morgan fingerprint density at radius 1 is 0.306 bits per heavy atom. The van der Waals surface area contributed by atoms with Crippen LogP contribution in [-0.2, 0) is 18.9 Å². The molecule has 0 aromatic heterocycles. The fourth-order valence-corrected chi connectivity index (χ4v) is 21.5. The third-order valence-corrected chi connectivity index (χ3v) is 20.5. The molecule has 6 fully saturated rings. The van der Waals surface area contributed by atoms with Crippen molar-refractivity contribution in [3.05, 3.63) is 0 Å². The lowest BCUT2D eigenvalue weighted by atomic mass is 10.5. The van der Waals surface area contributed by atoms with E-state index in [1.165, 1.54) is 0 Å². The molecule has 0 aromatic rings. The maximum absolute atomic E-state index is 6.05. The van der Waals surface area contributed by atoms with Crippen LogP contribution in [0, 0.1) is 0 Å². The van der Waals surface area contributed by atoms with Crippen LogP contribution in [0.1, 0.15) is 0 Å². The second kappa shape index (κ2) is 10.4. The summed E-state index contributed by atoms with van der Waals surface area (Å²) < 4.78 is 57.1. The first kappa shape index (κ1) is 25.3. The number of morpholine rings is 4. The summed E-state index contributed by atoms with van der Waals surface area (Å²) >= 11 is 0. The molecule has 0 spiro atoms. The standard InChI is InChI=1S/C20H40N9O4P3/c1-2-24(1)34(26-5-13-30-14-6-26)21-35(25-3-4-25,27-7-15-31-16-8-27)23-36(22-34,28-9-17-32-18-10-28)29-11-19-33-20-12-29/h1-20H2/t34-,35+. The molecular weight excluding hydrogens is 523 g/mol. The van der Waals surface area contributed by atoms with Crippen LogP contribution in [0.25, 0.3) is 0 Å².